The Balaban J connectivity index is 2.16. The van der Waals surface area contributed by atoms with Crippen molar-refractivity contribution in [2.24, 2.45) is 5.73 Å². The van der Waals surface area contributed by atoms with E-state index < -0.39 is 0 Å². The lowest BCUT2D eigenvalue weighted by Gasteiger charge is -2.43. The molecule has 1 heterocycles. The van der Waals surface area contributed by atoms with Crippen LogP contribution in [0.4, 0.5) is 0 Å². The predicted molar refractivity (Wildman–Crippen MR) is 74.3 cm³/mol. The maximum Gasteiger partial charge on any atom is 0.117 e. The number of furan rings is 1. The number of nitrogens with two attached hydrogens (primary N) is 1. The van der Waals surface area contributed by atoms with Gasteiger partial charge in [0.1, 0.15) is 5.76 Å². The van der Waals surface area contributed by atoms with Crippen molar-refractivity contribution in [2.45, 2.75) is 64.1 Å². The lowest BCUT2D eigenvalue weighted by Crippen LogP contribution is -2.54. The SMILES string of the molecule is CCCC(CC)(CN)N(Cc1ccco1)C1CC1. The monoisotopic (exact) mass is 250 g/mol. The Morgan fingerprint density at radius 1 is 1.44 bits per heavy atom. The van der Waals surface area contributed by atoms with E-state index in [1.165, 1.54) is 25.7 Å². The van der Waals surface area contributed by atoms with Crippen molar-refractivity contribution in [2.75, 3.05) is 6.54 Å². The van der Waals surface area contributed by atoms with Gasteiger partial charge in [-0.25, -0.2) is 0 Å². The van der Waals surface area contributed by atoms with Gasteiger partial charge in [0.15, 0.2) is 0 Å². The molecule has 0 radical (unpaired) electrons. The van der Waals surface area contributed by atoms with Crippen LogP contribution in [-0.4, -0.2) is 23.0 Å². The molecule has 1 aromatic heterocycles. The van der Waals surface area contributed by atoms with E-state index in [2.05, 4.69) is 24.8 Å². The number of hydrogen-bond donors (Lipinski definition) is 1. The van der Waals surface area contributed by atoms with Crippen molar-refractivity contribution in [3.63, 3.8) is 0 Å². The molecular formula is C15H26N2O. The third kappa shape index (κ3) is 2.78. The molecular weight excluding hydrogens is 224 g/mol. The van der Waals surface area contributed by atoms with Gasteiger partial charge >= 0.3 is 0 Å². The van der Waals surface area contributed by atoms with Crippen molar-refractivity contribution < 1.29 is 4.42 Å². The summed E-state index contributed by atoms with van der Waals surface area (Å²) in [6.45, 7) is 6.16. The van der Waals surface area contributed by atoms with Crippen LogP contribution in [0.5, 0.6) is 0 Å². The quantitative estimate of drug-likeness (QED) is 0.770. The summed E-state index contributed by atoms with van der Waals surface area (Å²) >= 11 is 0. The van der Waals surface area contributed by atoms with Crippen molar-refractivity contribution in [1.82, 2.24) is 4.90 Å². The highest BCUT2D eigenvalue weighted by atomic mass is 16.3. The molecule has 0 aliphatic heterocycles. The van der Waals surface area contributed by atoms with E-state index in [0.717, 1.165) is 25.3 Å². The van der Waals surface area contributed by atoms with E-state index in [1.807, 2.05) is 6.07 Å². The van der Waals surface area contributed by atoms with E-state index in [9.17, 15) is 0 Å². The van der Waals surface area contributed by atoms with Gasteiger partial charge in [0.2, 0.25) is 0 Å². The summed E-state index contributed by atoms with van der Waals surface area (Å²) in [7, 11) is 0. The van der Waals surface area contributed by atoms with E-state index in [0.29, 0.717) is 6.04 Å². The summed E-state index contributed by atoms with van der Waals surface area (Å²) in [4.78, 5) is 2.61. The van der Waals surface area contributed by atoms with E-state index in [4.69, 9.17) is 10.2 Å². The van der Waals surface area contributed by atoms with Crippen LogP contribution in [-0.2, 0) is 6.54 Å². The van der Waals surface area contributed by atoms with Crippen LogP contribution in [0, 0.1) is 0 Å². The topological polar surface area (TPSA) is 42.4 Å². The molecule has 1 aromatic rings. The number of nitrogens with zero attached hydrogens (tertiary/aromatic N) is 1. The van der Waals surface area contributed by atoms with Crippen LogP contribution >= 0.6 is 0 Å². The second-order valence-electron chi connectivity index (χ2n) is 5.47. The normalized spacial score (nSPS) is 19.1. The molecule has 1 unspecified atom stereocenters. The first-order valence-electron chi connectivity index (χ1n) is 7.25. The summed E-state index contributed by atoms with van der Waals surface area (Å²) in [5, 5.41) is 0. The molecule has 0 bridgehead atoms. The Morgan fingerprint density at radius 3 is 2.67 bits per heavy atom. The van der Waals surface area contributed by atoms with Gasteiger partial charge in [0, 0.05) is 18.1 Å². The Morgan fingerprint density at radius 2 is 2.22 bits per heavy atom. The standard InChI is InChI=1S/C15H26N2O/c1-3-9-15(4-2,12-16)17(13-7-8-13)11-14-6-5-10-18-14/h5-6,10,13H,3-4,7-9,11-12,16H2,1-2H3. The van der Waals surface area contributed by atoms with Crippen LogP contribution in [0.15, 0.2) is 22.8 Å². The van der Waals surface area contributed by atoms with Crippen LogP contribution in [0.3, 0.4) is 0 Å². The zero-order valence-electron chi connectivity index (χ0n) is 11.7. The summed E-state index contributed by atoms with van der Waals surface area (Å²) in [5.41, 5.74) is 6.28. The first-order valence-corrected chi connectivity index (χ1v) is 7.25. The maximum atomic E-state index is 6.13. The van der Waals surface area contributed by atoms with Crippen molar-refractivity contribution in [1.29, 1.82) is 0 Å². The van der Waals surface area contributed by atoms with E-state index >= 15 is 0 Å². The third-order valence-electron chi connectivity index (χ3n) is 4.26. The van der Waals surface area contributed by atoms with Crippen LogP contribution in [0.1, 0.15) is 51.7 Å². The van der Waals surface area contributed by atoms with Crippen LogP contribution in [0.25, 0.3) is 0 Å². The predicted octanol–water partition coefficient (Wildman–Crippen LogP) is 3.15. The van der Waals surface area contributed by atoms with Gasteiger partial charge in [-0.15, -0.1) is 0 Å². The van der Waals surface area contributed by atoms with Crippen molar-refractivity contribution >= 4 is 0 Å². The molecule has 3 nitrogen and oxygen atoms in total. The molecule has 0 saturated heterocycles. The van der Waals surface area contributed by atoms with Crippen LogP contribution in [0.2, 0.25) is 0 Å². The van der Waals surface area contributed by atoms with Gasteiger partial charge < -0.3 is 10.2 Å². The van der Waals surface area contributed by atoms with Gasteiger partial charge in [-0.05, 0) is 37.8 Å². The minimum atomic E-state index is 0.155. The molecule has 1 atom stereocenters. The maximum absolute atomic E-state index is 6.13. The smallest absolute Gasteiger partial charge is 0.117 e. The van der Waals surface area contributed by atoms with Gasteiger partial charge in [0.05, 0.1) is 12.8 Å². The van der Waals surface area contributed by atoms with E-state index in [1.54, 1.807) is 6.26 Å². The highest BCUT2D eigenvalue weighted by Gasteiger charge is 2.42. The molecule has 1 saturated carbocycles. The summed E-state index contributed by atoms with van der Waals surface area (Å²) < 4.78 is 5.52. The van der Waals surface area contributed by atoms with Crippen molar-refractivity contribution in [3.05, 3.63) is 24.2 Å². The number of hydrogen-bond acceptors (Lipinski definition) is 3. The average molecular weight is 250 g/mol. The minimum absolute atomic E-state index is 0.155. The fourth-order valence-corrected chi connectivity index (χ4v) is 2.99. The molecule has 1 aliphatic carbocycles. The summed E-state index contributed by atoms with van der Waals surface area (Å²) in [5.74, 6) is 1.06. The third-order valence-corrected chi connectivity index (χ3v) is 4.26. The molecule has 0 aromatic carbocycles. The Bertz CT molecular complexity index is 339. The van der Waals surface area contributed by atoms with Gasteiger partial charge in [-0.3, -0.25) is 4.90 Å². The summed E-state index contributed by atoms with van der Waals surface area (Å²) in [6, 6.07) is 4.75. The zero-order chi connectivity index (χ0) is 13.0. The highest BCUT2D eigenvalue weighted by Crippen LogP contribution is 2.38. The van der Waals surface area contributed by atoms with Gasteiger partial charge in [-0.1, -0.05) is 20.3 Å². The zero-order valence-corrected chi connectivity index (χ0v) is 11.7. The molecule has 18 heavy (non-hydrogen) atoms. The van der Waals surface area contributed by atoms with Gasteiger partial charge in [0.25, 0.3) is 0 Å². The van der Waals surface area contributed by atoms with Crippen LogP contribution < -0.4 is 5.73 Å². The Labute approximate surface area is 110 Å². The largest absolute Gasteiger partial charge is 0.468 e. The molecule has 1 aliphatic rings. The second kappa shape index (κ2) is 5.89. The second-order valence-corrected chi connectivity index (χ2v) is 5.47. The first kappa shape index (κ1) is 13.6. The lowest BCUT2D eigenvalue weighted by atomic mass is 9.88. The Hall–Kier alpha value is -0.800. The highest BCUT2D eigenvalue weighted by molar-refractivity contribution is 5.04. The average Bonchev–Trinajstić information content (AvgIpc) is 3.11. The number of rotatable bonds is 8. The molecule has 1 fully saturated rings. The van der Waals surface area contributed by atoms with Gasteiger partial charge in [-0.2, -0.15) is 0 Å². The molecule has 102 valence electrons. The molecule has 2 N–H and O–H groups in total. The fourth-order valence-electron chi connectivity index (χ4n) is 2.99. The minimum Gasteiger partial charge on any atom is -0.468 e. The lowest BCUT2D eigenvalue weighted by molar-refractivity contribution is 0.0561. The molecule has 0 amide bonds. The molecule has 0 spiro atoms. The molecule has 2 rings (SSSR count). The van der Waals surface area contributed by atoms with Crippen molar-refractivity contribution in [3.8, 4) is 0 Å². The van der Waals surface area contributed by atoms with E-state index in [-0.39, 0.29) is 5.54 Å². The first-order chi connectivity index (χ1) is 8.75. The fraction of sp³-hybridized carbons (Fsp3) is 0.733. The molecule has 3 heteroatoms. The summed E-state index contributed by atoms with van der Waals surface area (Å²) in [6.07, 6.45) is 7.87. The Kier molecular flexibility index (Phi) is 4.46.